The van der Waals surface area contributed by atoms with Crippen LogP contribution in [0.5, 0.6) is 0 Å². The van der Waals surface area contributed by atoms with Gasteiger partial charge in [-0.2, -0.15) is 27.2 Å². The molecule has 0 saturated carbocycles. The van der Waals surface area contributed by atoms with Crippen LogP contribution >= 0.6 is 0 Å². The van der Waals surface area contributed by atoms with Gasteiger partial charge in [0.15, 0.2) is 0 Å². The quantitative estimate of drug-likeness (QED) is 0.352. The van der Waals surface area contributed by atoms with Crippen molar-refractivity contribution in [3.05, 3.63) is 47.2 Å². The molecule has 128 valence electrons. The molecule has 0 radical (unpaired) electrons. The zero-order valence-corrected chi connectivity index (χ0v) is 19.7. The van der Waals surface area contributed by atoms with Crippen molar-refractivity contribution >= 4 is 0 Å². The van der Waals surface area contributed by atoms with Gasteiger partial charge in [-0.3, -0.25) is 0 Å². The first-order valence-electron chi connectivity index (χ1n) is 7.55. The van der Waals surface area contributed by atoms with Crippen LogP contribution in [0.15, 0.2) is 23.8 Å². The minimum Gasteiger partial charge on any atom is -0.665 e. The number of rotatable bonds is 5. The van der Waals surface area contributed by atoms with E-state index in [0.717, 1.165) is 32.5 Å². The Morgan fingerprint density at radius 3 is 1.77 bits per heavy atom. The first-order valence-corrected chi connectivity index (χ1v) is 7.55. The topological polar surface area (TPSA) is 42.3 Å². The van der Waals surface area contributed by atoms with Crippen molar-refractivity contribution in [1.29, 1.82) is 0 Å². The van der Waals surface area contributed by atoms with Crippen LogP contribution in [-0.2, 0) is 25.8 Å². The van der Waals surface area contributed by atoms with Crippen LogP contribution in [0.25, 0.3) is 16.0 Å². The van der Waals surface area contributed by atoms with Gasteiger partial charge in [-0.15, -0.1) is 12.1 Å². The third kappa shape index (κ3) is 28.4. The second-order valence-electron chi connectivity index (χ2n) is 5.52. The number of hydrogen-bond donors (Lipinski definition) is 0. The van der Waals surface area contributed by atoms with Crippen molar-refractivity contribution in [2.45, 2.75) is 53.0 Å². The Bertz CT molecular complexity index is 248. The van der Waals surface area contributed by atoms with Gasteiger partial charge in [0.1, 0.15) is 0 Å². The van der Waals surface area contributed by atoms with Crippen LogP contribution in [0.4, 0.5) is 0 Å². The summed E-state index contributed by atoms with van der Waals surface area (Å²) in [6.07, 6.45) is 8.81. The Balaban J connectivity index is -0.000000138. The molecular weight excluding hydrogens is 437 g/mol. The molecular formula is C18H37HfN3. The van der Waals surface area contributed by atoms with Gasteiger partial charge in [-0.05, 0) is 6.42 Å². The summed E-state index contributed by atoms with van der Waals surface area (Å²) in [4.78, 5) is 0. The Morgan fingerprint density at radius 1 is 1.05 bits per heavy atom. The van der Waals surface area contributed by atoms with E-state index in [2.05, 4.69) is 54.9 Å². The molecule has 0 aliphatic heterocycles. The Hall–Kier alpha value is 0.230. The fourth-order valence-electron chi connectivity index (χ4n) is 1.21. The van der Waals surface area contributed by atoms with E-state index in [-0.39, 0.29) is 38.8 Å². The van der Waals surface area contributed by atoms with Gasteiger partial charge in [0.25, 0.3) is 0 Å². The largest absolute Gasteiger partial charge is 4.00 e. The van der Waals surface area contributed by atoms with Crippen molar-refractivity contribution in [1.82, 2.24) is 0 Å². The average molecular weight is 474 g/mol. The van der Waals surface area contributed by atoms with Gasteiger partial charge in [0.05, 0.1) is 0 Å². The predicted octanol–water partition coefficient (Wildman–Crippen LogP) is 5.90. The van der Waals surface area contributed by atoms with Crippen molar-refractivity contribution in [2.24, 2.45) is 0 Å². The normalized spacial score (nSPS) is 11.9. The molecule has 0 aromatic rings. The van der Waals surface area contributed by atoms with Gasteiger partial charge in [-0.1, -0.05) is 64.8 Å². The van der Waals surface area contributed by atoms with E-state index in [1.807, 2.05) is 13.8 Å². The van der Waals surface area contributed by atoms with Gasteiger partial charge < -0.3 is 23.4 Å². The maximum Gasteiger partial charge on any atom is 4.00 e. The third-order valence-electron chi connectivity index (χ3n) is 2.50. The average Bonchev–Trinajstić information content (AvgIpc) is 2.91. The van der Waals surface area contributed by atoms with Crippen LogP contribution in [0.1, 0.15) is 47.5 Å². The third-order valence-corrected chi connectivity index (χ3v) is 2.50. The first-order chi connectivity index (χ1) is 9.41. The minimum absolute atomic E-state index is 0. The van der Waals surface area contributed by atoms with E-state index >= 15 is 0 Å². The molecule has 0 N–H and O–H groups in total. The van der Waals surface area contributed by atoms with Gasteiger partial charge >= 0.3 is 25.8 Å². The van der Waals surface area contributed by atoms with Crippen LogP contribution < -0.4 is 0 Å². The number of hydrogen-bond acceptors (Lipinski definition) is 0. The Morgan fingerprint density at radius 2 is 1.50 bits per heavy atom. The molecule has 0 spiro atoms. The molecule has 4 heteroatoms. The molecule has 0 fully saturated rings. The Labute approximate surface area is 159 Å². The maximum absolute atomic E-state index is 4.55. The minimum atomic E-state index is 0. The van der Waals surface area contributed by atoms with Crippen LogP contribution in [0, 0.1) is 7.43 Å². The maximum atomic E-state index is 4.55. The zero-order valence-electron chi connectivity index (χ0n) is 16.1. The molecule has 1 rings (SSSR count). The van der Waals surface area contributed by atoms with Gasteiger partial charge in [0, 0.05) is 0 Å². The van der Waals surface area contributed by atoms with Gasteiger partial charge in [0.2, 0.25) is 0 Å². The molecule has 0 aromatic carbocycles. The van der Waals surface area contributed by atoms with E-state index in [9.17, 15) is 0 Å². The van der Waals surface area contributed by atoms with Crippen LogP contribution in [0.3, 0.4) is 0 Å². The number of nitrogens with zero attached hydrogens (tertiary/aromatic N) is 3. The molecule has 22 heavy (non-hydrogen) atoms. The number of allylic oxidation sites excluding steroid dienone is 3. The fourth-order valence-corrected chi connectivity index (χ4v) is 1.21. The summed E-state index contributed by atoms with van der Waals surface area (Å²) in [6.45, 7) is 13.3. The molecule has 1 aliphatic carbocycles. The summed E-state index contributed by atoms with van der Waals surface area (Å²) >= 11 is 0. The monoisotopic (exact) mass is 475 g/mol. The Kier molecular flexibility index (Phi) is 29.1. The molecule has 0 saturated heterocycles. The summed E-state index contributed by atoms with van der Waals surface area (Å²) in [5.74, 6) is 0. The fraction of sp³-hybridized carbons (Fsp3) is 0.722. The first kappa shape index (κ1) is 30.1. The standard InChI is InChI=1S/C11H18N.2C3H8N.CH3.Hf/c1-11(2,3)12-9-8-10-6-4-5-7-10;2*1-3-4-2;;/h4-6H,7-9H2,1-3H3;2*3H2,1-2H3;1H3;/q4*-1;+4. The predicted molar refractivity (Wildman–Crippen MR) is 100 cm³/mol. The molecule has 0 heterocycles. The van der Waals surface area contributed by atoms with E-state index in [1.54, 1.807) is 14.1 Å². The summed E-state index contributed by atoms with van der Waals surface area (Å²) < 4.78 is 0. The second-order valence-corrected chi connectivity index (χ2v) is 5.52. The summed E-state index contributed by atoms with van der Waals surface area (Å²) in [6, 6.07) is 0. The summed E-state index contributed by atoms with van der Waals surface area (Å²) in [5, 5.41) is 12.0. The van der Waals surface area contributed by atoms with Crippen molar-refractivity contribution in [3.63, 3.8) is 0 Å². The van der Waals surface area contributed by atoms with Crippen molar-refractivity contribution in [3.8, 4) is 0 Å². The van der Waals surface area contributed by atoms with Crippen molar-refractivity contribution < 1.29 is 25.8 Å². The van der Waals surface area contributed by atoms with Crippen molar-refractivity contribution in [2.75, 3.05) is 33.7 Å². The summed E-state index contributed by atoms with van der Waals surface area (Å²) in [5.41, 5.74) is 1.65. The van der Waals surface area contributed by atoms with E-state index in [0.29, 0.717) is 0 Å². The van der Waals surface area contributed by atoms with Crippen LogP contribution in [-0.4, -0.2) is 39.3 Å². The van der Waals surface area contributed by atoms with E-state index < -0.39 is 0 Å². The molecule has 1 aliphatic rings. The summed E-state index contributed by atoms with van der Waals surface area (Å²) in [7, 11) is 3.61. The van der Waals surface area contributed by atoms with E-state index in [1.165, 1.54) is 5.57 Å². The van der Waals surface area contributed by atoms with Gasteiger partial charge in [-0.25, -0.2) is 0 Å². The molecule has 0 unspecified atom stereocenters. The zero-order chi connectivity index (χ0) is 15.9. The molecule has 0 atom stereocenters. The smallest absolute Gasteiger partial charge is 0.665 e. The SMILES string of the molecule is CC(C)(C)[N-]CCC1=CC=CC1.CC[N-]C.CC[N-]C.[CH3-].[Hf+4]. The second kappa shape index (κ2) is 21.2. The molecule has 0 amide bonds. The molecule has 0 aromatic heterocycles. The molecule has 3 nitrogen and oxygen atoms in total. The van der Waals surface area contributed by atoms with Crippen LogP contribution in [0.2, 0.25) is 0 Å². The molecule has 0 bridgehead atoms. The van der Waals surface area contributed by atoms with E-state index in [4.69, 9.17) is 0 Å².